The average Bonchev–Trinajstić information content (AvgIpc) is 2.42. The molecular weight excluding hydrogens is 330 g/mol. The van der Waals surface area contributed by atoms with E-state index in [4.69, 9.17) is 0 Å². The molecule has 20 heavy (non-hydrogen) atoms. The van der Waals surface area contributed by atoms with Crippen molar-refractivity contribution < 1.29 is 13.6 Å². The molecule has 0 N–H and O–H groups in total. The van der Waals surface area contributed by atoms with Gasteiger partial charge in [0, 0.05) is 36.7 Å². The summed E-state index contributed by atoms with van der Waals surface area (Å²) < 4.78 is 27.5. The standard InChI is InChI=1S/C14H17BrF2N2O/c1-9(2)18-3-5-19(6-4-18)14(20)11-7-10(15)8-12(16)13(11)17/h7-9H,3-6H2,1-2H3. The van der Waals surface area contributed by atoms with Crippen molar-refractivity contribution in [2.45, 2.75) is 19.9 Å². The third kappa shape index (κ3) is 3.17. The lowest BCUT2D eigenvalue weighted by Gasteiger charge is -2.37. The zero-order valence-electron chi connectivity index (χ0n) is 11.5. The molecule has 1 heterocycles. The van der Waals surface area contributed by atoms with Crippen molar-refractivity contribution in [3.8, 4) is 0 Å². The van der Waals surface area contributed by atoms with Gasteiger partial charge in [0.25, 0.3) is 5.91 Å². The highest BCUT2D eigenvalue weighted by Crippen LogP contribution is 2.21. The number of piperazine rings is 1. The molecule has 1 aromatic rings. The first-order valence-electron chi connectivity index (χ1n) is 6.58. The molecule has 0 aromatic heterocycles. The van der Waals surface area contributed by atoms with Crippen molar-refractivity contribution in [3.63, 3.8) is 0 Å². The van der Waals surface area contributed by atoms with Crippen LogP contribution in [-0.4, -0.2) is 47.9 Å². The minimum absolute atomic E-state index is 0.213. The molecule has 0 atom stereocenters. The zero-order chi connectivity index (χ0) is 14.9. The molecule has 3 nitrogen and oxygen atoms in total. The normalized spacial score (nSPS) is 16.8. The Balaban J connectivity index is 2.13. The number of hydrogen-bond donors (Lipinski definition) is 0. The van der Waals surface area contributed by atoms with Crippen LogP contribution in [-0.2, 0) is 0 Å². The second kappa shape index (κ2) is 6.18. The van der Waals surface area contributed by atoms with E-state index in [1.54, 1.807) is 4.90 Å². The van der Waals surface area contributed by atoms with E-state index in [0.717, 1.165) is 19.2 Å². The molecule has 2 rings (SSSR count). The van der Waals surface area contributed by atoms with Crippen LogP contribution in [0.2, 0.25) is 0 Å². The van der Waals surface area contributed by atoms with Crippen molar-refractivity contribution >= 4 is 21.8 Å². The smallest absolute Gasteiger partial charge is 0.257 e. The molecule has 1 aromatic carbocycles. The monoisotopic (exact) mass is 346 g/mol. The van der Waals surface area contributed by atoms with Crippen molar-refractivity contribution in [2.24, 2.45) is 0 Å². The first-order chi connectivity index (χ1) is 9.40. The molecule has 0 unspecified atom stereocenters. The van der Waals surface area contributed by atoms with Gasteiger partial charge in [0.05, 0.1) is 5.56 Å². The zero-order valence-corrected chi connectivity index (χ0v) is 13.1. The van der Waals surface area contributed by atoms with E-state index in [1.165, 1.54) is 6.07 Å². The SMILES string of the molecule is CC(C)N1CCN(C(=O)c2cc(Br)cc(F)c2F)CC1. The number of benzene rings is 1. The lowest BCUT2D eigenvalue weighted by molar-refractivity contribution is 0.0590. The second-order valence-corrected chi connectivity index (χ2v) is 6.09. The summed E-state index contributed by atoms with van der Waals surface area (Å²) >= 11 is 3.08. The minimum Gasteiger partial charge on any atom is -0.336 e. The summed E-state index contributed by atoms with van der Waals surface area (Å²) in [7, 11) is 0. The molecule has 0 saturated carbocycles. The fourth-order valence-corrected chi connectivity index (χ4v) is 2.75. The maximum Gasteiger partial charge on any atom is 0.257 e. The molecule has 0 bridgehead atoms. The van der Waals surface area contributed by atoms with E-state index in [-0.39, 0.29) is 5.56 Å². The maximum atomic E-state index is 13.7. The highest BCUT2D eigenvalue weighted by molar-refractivity contribution is 9.10. The fraction of sp³-hybridized carbons (Fsp3) is 0.500. The van der Waals surface area contributed by atoms with E-state index in [1.807, 2.05) is 0 Å². The fourth-order valence-electron chi connectivity index (χ4n) is 2.32. The number of amides is 1. The number of hydrogen-bond acceptors (Lipinski definition) is 2. The topological polar surface area (TPSA) is 23.6 Å². The van der Waals surface area contributed by atoms with Gasteiger partial charge in [-0.1, -0.05) is 15.9 Å². The molecule has 0 spiro atoms. The van der Waals surface area contributed by atoms with Gasteiger partial charge in [0.15, 0.2) is 11.6 Å². The molecule has 6 heteroatoms. The van der Waals surface area contributed by atoms with E-state index >= 15 is 0 Å². The van der Waals surface area contributed by atoms with Crippen LogP contribution in [0.15, 0.2) is 16.6 Å². The van der Waals surface area contributed by atoms with Crippen molar-refractivity contribution in [1.82, 2.24) is 9.80 Å². The van der Waals surface area contributed by atoms with Gasteiger partial charge in [0.1, 0.15) is 0 Å². The summed E-state index contributed by atoms with van der Waals surface area (Å²) in [6.07, 6.45) is 0. The number of halogens is 3. The molecule has 1 fully saturated rings. The lowest BCUT2D eigenvalue weighted by atomic mass is 10.1. The summed E-state index contributed by atoms with van der Waals surface area (Å²) in [6, 6.07) is 2.77. The molecule has 0 radical (unpaired) electrons. The van der Waals surface area contributed by atoms with Gasteiger partial charge in [-0.05, 0) is 26.0 Å². The summed E-state index contributed by atoms with van der Waals surface area (Å²) in [5, 5.41) is 0. The highest BCUT2D eigenvalue weighted by Gasteiger charge is 2.26. The Labute approximate surface area is 125 Å². The summed E-state index contributed by atoms with van der Waals surface area (Å²) in [5.41, 5.74) is -0.213. The highest BCUT2D eigenvalue weighted by atomic mass is 79.9. The van der Waals surface area contributed by atoms with E-state index in [2.05, 4.69) is 34.7 Å². The summed E-state index contributed by atoms with van der Waals surface area (Å²) in [6.45, 7) is 6.76. The van der Waals surface area contributed by atoms with Crippen molar-refractivity contribution in [3.05, 3.63) is 33.8 Å². The lowest BCUT2D eigenvalue weighted by Crippen LogP contribution is -2.50. The van der Waals surface area contributed by atoms with Gasteiger partial charge in [0.2, 0.25) is 0 Å². The molecule has 1 aliphatic heterocycles. The van der Waals surface area contributed by atoms with Crippen LogP contribution >= 0.6 is 15.9 Å². The van der Waals surface area contributed by atoms with Crippen LogP contribution in [0, 0.1) is 11.6 Å². The summed E-state index contributed by atoms with van der Waals surface area (Å²) in [4.78, 5) is 16.1. The Hall–Kier alpha value is -1.01. The van der Waals surface area contributed by atoms with Crippen LogP contribution in [0.4, 0.5) is 8.78 Å². The minimum atomic E-state index is -1.08. The molecule has 1 aliphatic rings. The van der Waals surface area contributed by atoms with Gasteiger partial charge >= 0.3 is 0 Å². The Morgan fingerprint density at radius 2 is 1.80 bits per heavy atom. The van der Waals surface area contributed by atoms with Gasteiger partial charge in [-0.3, -0.25) is 9.69 Å². The predicted octanol–water partition coefficient (Wildman–Crippen LogP) is 2.89. The second-order valence-electron chi connectivity index (χ2n) is 5.17. The molecule has 1 amide bonds. The largest absolute Gasteiger partial charge is 0.336 e. The number of rotatable bonds is 2. The number of carbonyl (C=O) groups is 1. The molecule has 1 saturated heterocycles. The molecule has 0 aliphatic carbocycles. The molecule has 110 valence electrons. The number of nitrogens with zero attached hydrogens (tertiary/aromatic N) is 2. The van der Waals surface area contributed by atoms with Gasteiger partial charge in [-0.25, -0.2) is 8.78 Å². The van der Waals surface area contributed by atoms with E-state index < -0.39 is 17.5 Å². The van der Waals surface area contributed by atoms with Gasteiger partial charge in [-0.15, -0.1) is 0 Å². The molecular formula is C14H17BrF2N2O. The Bertz CT molecular complexity index is 514. The average molecular weight is 347 g/mol. The first-order valence-corrected chi connectivity index (χ1v) is 7.37. The maximum absolute atomic E-state index is 13.7. The Morgan fingerprint density at radius 3 is 2.35 bits per heavy atom. The Morgan fingerprint density at radius 1 is 1.20 bits per heavy atom. The summed E-state index contributed by atoms with van der Waals surface area (Å²) in [5.74, 6) is -2.54. The van der Waals surface area contributed by atoms with Crippen LogP contribution in [0.5, 0.6) is 0 Å². The third-order valence-electron chi connectivity index (χ3n) is 3.56. The van der Waals surface area contributed by atoms with Crippen LogP contribution in [0.3, 0.4) is 0 Å². The van der Waals surface area contributed by atoms with Crippen LogP contribution in [0.1, 0.15) is 24.2 Å². The van der Waals surface area contributed by atoms with Crippen molar-refractivity contribution in [1.29, 1.82) is 0 Å². The van der Waals surface area contributed by atoms with Gasteiger partial charge < -0.3 is 4.90 Å². The van der Waals surface area contributed by atoms with E-state index in [9.17, 15) is 13.6 Å². The quantitative estimate of drug-likeness (QED) is 0.768. The van der Waals surface area contributed by atoms with Crippen molar-refractivity contribution in [2.75, 3.05) is 26.2 Å². The third-order valence-corrected chi connectivity index (χ3v) is 4.01. The number of carbonyl (C=O) groups excluding carboxylic acids is 1. The van der Waals surface area contributed by atoms with Crippen LogP contribution < -0.4 is 0 Å². The van der Waals surface area contributed by atoms with Crippen LogP contribution in [0.25, 0.3) is 0 Å². The first kappa shape index (κ1) is 15.4. The van der Waals surface area contributed by atoms with E-state index in [0.29, 0.717) is 23.6 Å². The van der Waals surface area contributed by atoms with Gasteiger partial charge in [-0.2, -0.15) is 0 Å². The Kier molecular flexibility index (Phi) is 4.75. The predicted molar refractivity (Wildman–Crippen MR) is 76.7 cm³/mol.